The average molecular weight is 311 g/mol. The lowest BCUT2D eigenvalue weighted by Crippen LogP contribution is -2.31. The second-order valence-electron chi connectivity index (χ2n) is 3.64. The van der Waals surface area contributed by atoms with Crippen LogP contribution in [-0.2, 0) is 4.74 Å². The number of hydrogen-bond donors (Lipinski definition) is 1. The van der Waals surface area contributed by atoms with Crippen LogP contribution in [0.25, 0.3) is 6.08 Å². The third-order valence-corrected chi connectivity index (χ3v) is 3.86. The van der Waals surface area contributed by atoms with Gasteiger partial charge in [0.25, 0.3) is 0 Å². The Labute approximate surface area is 115 Å². The number of carboxylic acid groups (broad SMARTS) is 1. The zero-order chi connectivity index (χ0) is 14.2. The van der Waals surface area contributed by atoms with Crippen LogP contribution >= 0.6 is 23.4 Å². The molecule has 0 amide bonds. The number of alkyl halides is 3. The molecule has 1 aliphatic heterocycles. The van der Waals surface area contributed by atoms with Crippen molar-refractivity contribution in [1.29, 1.82) is 0 Å². The van der Waals surface area contributed by atoms with E-state index in [-0.39, 0.29) is 0 Å². The Morgan fingerprint density at radius 2 is 2.11 bits per heavy atom. The largest absolute Gasteiger partial charge is 0.511 e. The van der Waals surface area contributed by atoms with E-state index in [2.05, 4.69) is 4.74 Å². The second-order valence-corrected chi connectivity index (χ2v) is 5.22. The van der Waals surface area contributed by atoms with E-state index in [9.17, 15) is 18.0 Å². The van der Waals surface area contributed by atoms with Crippen LogP contribution in [0, 0.1) is 0 Å². The molecule has 1 aromatic rings. The van der Waals surface area contributed by atoms with E-state index in [0.29, 0.717) is 27.2 Å². The number of ether oxygens (including phenoxy) is 1. The summed E-state index contributed by atoms with van der Waals surface area (Å²) in [5.41, 5.74) is 0.436. The summed E-state index contributed by atoms with van der Waals surface area (Å²) >= 11 is 6.18. The van der Waals surface area contributed by atoms with E-state index < -0.39 is 23.3 Å². The van der Waals surface area contributed by atoms with Gasteiger partial charge in [-0.25, -0.2) is 4.79 Å². The van der Waals surface area contributed by atoms with Crippen LogP contribution in [0.2, 0.25) is 5.02 Å². The molecular weight excluding hydrogens is 305 g/mol. The van der Waals surface area contributed by atoms with Crippen molar-refractivity contribution in [2.24, 2.45) is 0 Å². The number of carbonyl (C=O) groups is 1. The normalized spacial score (nSPS) is 18.5. The number of hydrogen-bond acceptors (Lipinski definition) is 3. The van der Waals surface area contributed by atoms with Crippen LogP contribution < -0.4 is 0 Å². The lowest BCUT2D eigenvalue weighted by Gasteiger charge is -2.25. The van der Waals surface area contributed by atoms with Gasteiger partial charge in [-0.05, 0) is 23.8 Å². The molecule has 1 atom stereocenters. The highest BCUT2D eigenvalue weighted by atomic mass is 35.5. The predicted molar refractivity (Wildman–Crippen MR) is 64.2 cm³/mol. The van der Waals surface area contributed by atoms with E-state index in [1.165, 1.54) is 18.2 Å². The maximum absolute atomic E-state index is 12.9. The number of rotatable bonds is 1. The van der Waals surface area contributed by atoms with Crippen LogP contribution in [0.15, 0.2) is 28.9 Å². The summed E-state index contributed by atoms with van der Waals surface area (Å²) in [6.07, 6.45) is -5.33. The smallest absolute Gasteiger partial charge is 0.449 e. The maximum Gasteiger partial charge on any atom is 0.511 e. The van der Waals surface area contributed by atoms with Crippen molar-refractivity contribution in [1.82, 2.24) is 0 Å². The summed E-state index contributed by atoms with van der Waals surface area (Å²) in [6.45, 7) is 0. The minimum atomic E-state index is -4.62. The highest BCUT2D eigenvalue weighted by Gasteiger charge is 2.46. The molecule has 1 N–H and O–H groups in total. The van der Waals surface area contributed by atoms with Crippen LogP contribution in [-0.4, -0.2) is 22.7 Å². The first-order valence-corrected chi connectivity index (χ1v) is 6.18. The van der Waals surface area contributed by atoms with Crippen molar-refractivity contribution >= 4 is 35.6 Å². The van der Waals surface area contributed by atoms with Gasteiger partial charge in [0, 0.05) is 9.92 Å². The zero-order valence-electron chi connectivity index (χ0n) is 9.07. The number of halogens is 4. The molecule has 0 aliphatic carbocycles. The van der Waals surface area contributed by atoms with Gasteiger partial charge >= 0.3 is 12.3 Å². The fourth-order valence-electron chi connectivity index (χ4n) is 1.56. The van der Waals surface area contributed by atoms with E-state index >= 15 is 0 Å². The fourth-order valence-corrected chi connectivity index (χ4v) is 2.87. The van der Waals surface area contributed by atoms with Crippen molar-refractivity contribution in [3.8, 4) is 0 Å². The number of benzene rings is 1. The standard InChI is InChI=1S/C11H6ClF3O3S/c12-6-2-1-5-3-7(18-10(16)17)9(11(13,14)15)19-8(5)4-6/h1-4,9H,(H,16,17). The van der Waals surface area contributed by atoms with Gasteiger partial charge < -0.3 is 9.84 Å². The first-order chi connectivity index (χ1) is 8.77. The summed E-state index contributed by atoms with van der Waals surface area (Å²) in [6, 6.07) is 4.40. The maximum atomic E-state index is 12.9. The summed E-state index contributed by atoms with van der Waals surface area (Å²) in [7, 11) is 0. The van der Waals surface area contributed by atoms with Gasteiger partial charge in [0.15, 0.2) is 5.25 Å². The van der Waals surface area contributed by atoms with E-state index in [4.69, 9.17) is 16.7 Å². The molecule has 0 radical (unpaired) electrons. The van der Waals surface area contributed by atoms with Gasteiger partial charge in [0.1, 0.15) is 5.76 Å². The Balaban J connectivity index is 2.45. The van der Waals surface area contributed by atoms with Crippen molar-refractivity contribution in [2.45, 2.75) is 16.3 Å². The molecule has 0 spiro atoms. The Morgan fingerprint density at radius 3 is 2.68 bits per heavy atom. The minimum Gasteiger partial charge on any atom is -0.449 e. The van der Waals surface area contributed by atoms with E-state index in [0.717, 1.165) is 6.08 Å². The Bertz CT molecular complexity index is 557. The topological polar surface area (TPSA) is 46.5 Å². The van der Waals surface area contributed by atoms with Crippen LogP contribution in [0.3, 0.4) is 0 Å². The molecule has 19 heavy (non-hydrogen) atoms. The van der Waals surface area contributed by atoms with Crippen molar-refractivity contribution in [2.75, 3.05) is 0 Å². The van der Waals surface area contributed by atoms with Crippen molar-refractivity contribution < 1.29 is 27.8 Å². The molecule has 0 fully saturated rings. The lowest BCUT2D eigenvalue weighted by molar-refractivity contribution is -0.127. The van der Waals surface area contributed by atoms with Crippen LogP contribution in [0.4, 0.5) is 18.0 Å². The Morgan fingerprint density at radius 1 is 1.42 bits per heavy atom. The molecule has 102 valence electrons. The van der Waals surface area contributed by atoms with Gasteiger partial charge in [0.2, 0.25) is 0 Å². The van der Waals surface area contributed by atoms with Crippen molar-refractivity contribution in [3.05, 3.63) is 34.5 Å². The third-order valence-electron chi connectivity index (χ3n) is 2.28. The molecular formula is C11H6ClF3O3S. The molecule has 0 saturated heterocycles. The average Bonchev–Trinajstić information content (AvgIpc) is 2.26. The Hall–Kier alpha value is -1.34. The molecule has 1 unspecified atom stereocenters. The number of fused-ring (bicyclic) bond motifs is 1. The lowest BCUT2D eigenvalue weighted by atomic mass is 10.1. The minimum absolute atomic E-state index is 0.308. The highest BCUT2D eigenvalue weighted by molar-refractivity contribution is 8.00. The van der Waals surface area contributed by atoms with Gasteiger partial charge in [-0.2, -0.15) is 13.2 Å². The third kappa shape index (κ3) is 3.16. The fraction of sp³-hybridized carbons (Fsp3) is 0.182. The Kier molecular flexibility index (Phi) is 3.69. The summed E-state index contributed by atoms with van der Waals surface area (Å²) < 4.78 is 42.8. The molecule has 0 bridgehead atoms. The van der Waals surface area contributed by atoms with Gasteiger partial charge in [-0.1, -0.05) is 17.7 Å². The van der Waals surface area contributed by atoms with Gasteiger partial charge in [-0.3, -0.25) is 0 Å². The van der Waals surface area contributed by atoms with Crippen LogP contribution in [0.5, 0.6) is 0 Å². The highest BCUT2D eigenvalue weighted by Crippen LogP contribution is 2.45. The first kappa shape index (κ1) is 14.1. The van der Waals surface area contributed by atoms with Crippen molar-refractivity contribution in [3.63, 3.8) is 0 Å². The number of thioether (sulfide) groups is 1. The molecule has 1 heterocycles. The molecule has 3 nitrogen and oxygen atoms in total. The summed E-state index contributed by atoms with van der Waals surface area (Å²) in [5.74, 6) is -0.653. The molecule has 0 aromatic heterocycles. The monoisotopic (exact) mass is 310 g/mol. The van der Waals surface area contributed by atoms with E-state index in [1.54, 1.807) is 0 Å². The quantitative estimate of drug-likeness (QED) is 0.780. The first-order valence-electron chi connectivity index (χ1n) is 4.92. The van der Waals surface area contributed by atoms with Gasteiger partial charge in [-0.15, -0.1) is 11.8 Å². The SMILES string of the molecule is O=C(O)OC1=Cc2ccc(Cl)cc2SC1C(F)(F)F. The summed E-state index contributed by atoms with van der Waals surface area (Å²) in [4.78, 5) is 10.8. The zero-order valence-corrected chi connectivity index (χ0v) is 10.6. The van der Waals surface area contributed by atoms with E-state index in [1.807, 2.05) is 0 Å². The predicted octanol–water partition coefficient (Wildman–Crippen LogP) is 4.41. The molecule has 1 aliphatic rings. The van der Waals surface area contributed by atoms with Gasteiger partial charge in [0.05, 0.1) is 0 Å². The summed E-state index contributed by atoms with van der Waals surface area (Å²) in [5, 5.41) is 6.73. The molecule has 0 saturated carbocycles. The second kappa shape index (κ2) is 4.97. The van der Waals surface area contributed by atoms with Crippen LogP contribution in [0.1, 0.15) is 5.56 Å². The molecule has 2 rings (SSSR count). The molecule has 8 heteroatoms. The molecule has 1 aromatic carbocycles.